The van der Waals surface area contributed by atoms with Crippen molar-refractivity contribution in [3.63, 3.8) is 0 Å². The number of esters is 1. The van der Waals surface area contributed by atoms with Gasteiger partial charge in [-0.25, -0.2) is 4.79 Å². The number of anilines is 1. The molecule has 0 radical (unpaired) electrons. The zero-order valence-corrected chi connectivity index (χ0v) is 16.5. The number of ether oxygens (including phenoxy) is 1. The Morgan fingerprint density at radius 1 is 1.19 bits per heavy atom. The van der Waals surface area contributed by atoms with Gasteiger partial charge in [-0.05, 0) is 42.8 Å². The van der Waals surface area contributed by atoms with Crippen LogP contribution in [-0.4, -0.2) is 19.0 Å². The van der Waals surface area contributed by atoms with E-state index in [0.29, 0.717) is 16.4 Å². The highest BCUT2D eigenvalue weighted by Gasteiger charge is 2.38. The van der Waals surface area contributed by atoms with Gasteiger partial charge in [0.05, 0.1) is 23.9 Å². The van der Waals surface area contributed by atoms with E-state index in [0.717, 1.165) is 10.0 Å². The lowest BCUT2D eigenvalue weighted by Crippen LogP contribution is -2.24. The number of allylic oxidation sites excluding steroid dienone is 1. The molecule has 4 nitrogen and oxygen atoms in total. The SMILES string of the molecule is COC(=O)C1=C(C)N(c2cccc(Cl)c2)C(=O)/C1=C\c1ccccc1Br. The van der Waals surface area contributed by atoms with Crippen LogP contribution in [0, 0.1) is 0 Å². The van der Waals surface area contributed by atoms with Crippen molar-refractivity contribution in [2.24, 2.45) is 0 Å². The fourth-order valence-electron chi connectivity index (χ4n) is 2.85. The van der Waals surface area contributed by atoms with Crippen LogP contribution in [0.5, 0.6) is 0 Å². The van der Waals surface area contributed by atoms with Crippen molar-refractivity contribution in [1.82, 2.24) is 0 Å². The molecule has 26 heavy (non-hydrogen) atoms. The molecule has 2 aromatic carbocycles. The highest BCUT2D eigenvalue weighted by atomic mass is 79.9. The highest BCUT2D eigenvalue weighted by Crippen LogP contribution is 2.36. The topological polar surface area (TPSA) is 46.6 Å². The van der Waals surface area contributed by atoms with Crippen LogP contribution in [-0.2, 0) is 14.3 Å². The minimum Gasteiger partial charge on any atom is -0.465 e. The predicted octanol–water partition coefficient (Wildman–Crippen LogP) is 4.98. The summed E-state index contributed by atoms with van der Waals surface area (Å²) < 4.78 is 5.73. The number of benzene rings is 2. The normalized spacial score (nSPS) is 15.8. The van der Waals surface area contributed by atoms with Gasteiger partial charge in [-0.15, -0.1) is 0 Å². The lowest BCUT2D eigenvalue weighted by molar-refractivity contribution is -0.136. The van der Waals surface area contributed by atoms with Crippen LogP contribution in [0.25, 0.3) is 6.08 Å². The Hall–Kier alpha value is -2.37. The molecule has 1 aliphatic heterocycles. The Balaban J connectivity index is 2.17. The van der Waals surface area contributed by atoms with Gasteiger partial charge >= 0.3 is 5.97 Å². The highest BCUT2D eigenvalue weighted by molar-refractivity contribution is 9.10. The maximum absolute atomic E-state index is 13.1. The van der Waals surface area contributed by atoms with E-state index >= 15 is 0 Å². The first kappa shape index (κ1) is 18.4. The molecule has 0 spiro atoms. The number of methoxy groups -OCH3 is 1. The molecular weight excluding hydrogens is 418 g/mol. The second-order valence-electron chi connectivity index (χ2n) is 5.65. The quantitative estimate of drug-likeness (QED) is 0.508. The summed E-state index contributed by atoms with van der Waals surface area (Å²) in [5, 5.41) is 0.506. The summed E-state index contributed by atoms with van der Waals surface area (Å²) in [4.78, 5) is 27.0. The van der Waals surface area contributed by atoms with E-state index in [1.54, 1.807) is 37.3 Å². The second-order valence-corrected chi connectivity index (χ2v) is 6.94. The second kappa shape index (κ2) is 7.48. The van der Waals surface area contributed by atoms with Gasteiger partial charge in [0.2, 0.25) is 0 Å². The zero-order valence-electron chi connectivity index (χ0n) is 14.1. The Bertz CT molecular complexity index is 965. The standard InChI is InChI=1S/C20H15BrClNO3/c1-12-18(20(25)26-2)16(10-13-6-3-4-9-17(13)21)19(24)23(12)15-8-5-7-14(22)11-15/h3-11H,1-2H3/b16-10-. The molecule has 0 N–H and O–H groups in total. The van der Waals surface area contributed by atoms with Crippen molar-refractivity contribution in [2.75, 3.05) is 12.0 Å². The number of amides is 1. The number of nitrogens with zero attached hydrogens (tertiary/aromatic N) is 1. The molecule has 0 atom stereocenters. The van der Waals surface area contributed by atoms with E-state index in [2.05, 4.69) is 15.9 Å². The molecule has 1 aliphatic rings. The Morgan fingerprint density at radius 3 is 2.58 bits per heavy atom. The first-order valence-electron chi connectivity index (χ1n) is 7.80. The lowest BCUT2D eigenvalue weighted by atomic mass is 10.0. The van der Waals surface area contributed by atoms with Crippen LogP contribution < -0.4 is 4.90 Å². The molecule has 0 aliphatic carbocycles. The van der Waals surface area contributed by atoms with Crippen LogP contribution in [0.2, 0.25) is 5.02 Å². The lowest BCUT2D eigenvalue weighted by Gasteiger charge is -2.18. The minimum atomic E-state index is -0.557. The third-order valence-electron chi connectivity index (χ3n) is 4.06. The van der Waals surface area contributed by atoms with E-state index in [4.69, 9.17) is 16.3 Å². The van der Waals surface area contributed by atoms with Crippen LogP contribution in [0.4, 0.5) is 5.69 Å². The molecule has 0 bridgehead atoms. The molecule has 1 amide bonds. The monoisotopic (exact) mass is 431 g/mol. The van der Waals surface area contributed by atoms with Gasteiger partial charge in [0, 0.05) is 15.2 Å². The van der Waals surface area contributed by atoms with Crippen molar-refractivity contribution in [3.05, 3.63) is 80.4 Å². The van der Waals surface area contributed by atoms with E-state index in [1.807, 2.05) is 24.3 Å². The van der Waals surface area contributed by atoms with Gasteiger partial charge in [-0.1, -0.05) is 51.8 Å². The first-order valence-corrected chi connectivity index (χ1v) is 8.97. The van der Waals surface area contributed by atoms with Gasteiger partial charge in [-0.2, -0.15) is 0 Å². The van der Waals surface area contributed by atoms with E-state index < -0.39 is 5.97 Å². The summed E-state index contributed by atoms with van der Waals surface area (Å²) in [6.45, 7) is 1.71. The molecule has 0 saturated heterocycles. The zero-order chi connectivity index (χ0) is 18.8. The number of halogens is 2. The largest absolute Gasteiger partial charge is 0.465 e. The van der Waals surface area contributed by atoms with E-state index in [-0.39, 0.29) is 17.1 Å². The molecule has 132 valence electrons. The van der Waals surface area contributed by atoms with Crippen LogP contribution >= 0.6 is 27.5 Å². The van der Waals surface area contributed by atoms with Crippen molar-refractivity contribution < 1.29 is 14.3 Å². The maximum atomic E-state index is 13.1. The third-order valence-corrected chi connectivity index (χ3v) is 5.02. The Kier molecular flexibility index (Phi) is 5.30. The fourth-order valence-corrected chi connectivity index (χ4v) is 3.44. The molecule has 1 heterocycles. The van der Waals surface area contributed by atoms with Crippen molar-refractivity contribution in [2.45, 2.75) is 6.92 Å². The molecule has 0 aromatic heterocycles. The van der Waals surface area contributed by atoms with E-state index in [9.17, 15) is 9.59 Å². The average Bonchev–Trinajstić information content (AvgIpc) is 2.86. The summed E-state index contributed by atoms with van der Waals surface area (Å²) in [6, 6.07) is 14.4. The van der Waals surface area contributed by atoms with Crippen molar-refractivity contribution >= 4 is 51.2 Å². The van der Waals surface area contributed by atoms with Crippen LogP contribution in [0.3, 0.4) is 0 Å². The number of hydrogen-bond acceptors (Lipinski definition) is 3. The third kappa shape index (κ3) is 3.32. The molecule has 0 fully saturated rings. The average molecular weight is 433 g/mol. The van der Waals surface area contributed by atoms with Gasteiger partial charge in [0.25, 0.3) is 5.91 Å². The van der Waals surface area contributed by atoms with Crippen LogP contribution in [0.15, 0.2) is 69.8 Å². The fraction of sp³-hybridized carbons (Fsp3) is 0.100. The summed E-state index contributed by atoms with van der Waals surface area (Å²) in [7, 11) is 1.30. The van der Waals surface area contributed by atoms with Crippen molar-refractivity contribution in [3.8, 4) is 0 Å². The predicted molar refractivity (Wildman–Crippen MR) is 106 cm³/mol. The van der Waals surface area contributed by atoms with Crippen molar-refractivity contribution in [1.29, 1.82) is 0 Å². The smallest absolute Gasteiger partial charge is 0.340 e. The van der Waals surface area contributed by atoms with Crippen LogP contribution in [0.1, 0.15) is 12.5 Å². The van der Waals surface area contributed by atoms with E-state index in [1.165, 1.54) is 12.0 Å². The Morgan fingerprint density at radius 2 is 1.92 bits per heavy atom. The summed E-state index contributed by atoms with van der Waals surface area (Å²) in [5.41, 5.74) is 2.41. The molecule has 2 aromatic rings. The number of hydrogen-bond donors (Lipinski definition) is 0. The molecule has 0 saturated carbocycles. The molecular formula is C20H15BrClNO3. The van der Waals surface area contributed by atoms with Gasteiger partial charge in [0.1, 0.15) is 0 Å². The summed E-state index contributed by atoms with van der Waals surface area (Å²) in [5.74, 6) is -0.861. The minimum absolute atomic E-state index is 0.244. The van der Waals surface area contributed by atoms with Gasteiger partial charge in [-0.3, -0.25) is 9.69 Å². The first-order chi connectivity index (χ1) is 12.4. The molecule has 0 unspecified atom stereocenters. The van der Waals surface area contributed by atoms with Gasteiger partial charge in [0.15, 0.2) is 0 Å². The molecule has 3 rings (SSSR count). The number of carbonyl (C=O) groups excluding carboxylic acids is 2. The Labute approximate surface area is 164 Å². The summed E-state index contributed by atoms with van der Waals surface area (Å²) in [6.07, 6.45) is 1.69. The maximum Gasteiger partial charge on any atom is 0.340 e. The number of rotatable bonds is 3. The molecule has 6 heteroatoms. The van der Waals surface area contributed by atoms with Gasteiger partial charge < -0.3 is 4.74 Å². The summed E-state index contributed by atoms with van der Waals surface area (Å²) >= 11 is 9.53. The number of carbonyl (C=O) groups is 2.